The molecule has 0 N–H and O–H groups in total. The maximum Gasteiger partial charge on any atom is 0.254 e. The first-order chi connectivity index (χ1) is 15.1. The fourth-order valence-electron chi connectivity index (χ4n) is 3.96. The van der Waals surface area contributed by atoms with Crippen molar-refractivity contribution in [2.75, 3.05) is 31.1 Å². The predicted molar refractivity (Wildman–Crippen MR) is 125 cm³/mol. The molecule has 5 rings (SSSR count). The predicted octanol–water partition coefficient (Wildman–Crippen LogP) is 5.72. The number of anilines is 1. The van der Waals surface area contributed by atoms with E-state index in [9.17, 15) is 9.18 Å². The molecule has 31 heavy (non-hydrogen) atoms. The molecule has 0 unspecified atom stereocenters. The molecule has 0 bridgehead atoms. The first-order valence-electron chi connectivity index (χ1n) is 10.0. The molecule has 156 valence electrons. The van der Waals surface area contributed by atoms with Crippen LogP contribution in [0.5, 0.6) is 0 Å². The van der Waals surface area contributed by atoms with Gasteiger partial charge in [-0.05, 0) is 36.4 Å². The highest BCUT2D eigenvalue weighted by molar-refractivity contribution is 7.19. The zero-order chi connectivity index (χ0) is 21.4. The summed E-state index contributed by atoms with van der Waals surface area (Å²) >= 11 is 7.55. The Morgan fingerprint density at radius 3 is 2.45 bits per heavy atom. The van der Waals surface area contributed by atoms with E-state index in [0.717, 1.165) is 21.5 Å². The number of hydrogen-bond donors (Lipinski definition) is 0. The highest BCUT2D eigenvalue weighted by Gasteiger charge is 2.25. The van der Waals surface area contributed by atoms with Crippen LogP contribution in [-0.4, -0.2) is 42.0 Å². The number of halogens is 2. The van der Waals surface area contributed by atoms with Gasteiger partial charge in [0, 0.05) is 31.6 Å². The van der Waals surface area contributed by atoms with Crippen molar-refractivity contribution in [3.8, 4) is 10.6 Å². The van der Waals surface area contributed by atoms with E-state index in [4.69, 9.17) is 16.6 Å². The van der Waals surface area contributed by atoms with Crippen molar-refractivity contribution < 1.29 is 9.18 Å². The Balaban J connectivity index is 1.44. The summed E-state index contributed by atoms with van der Waals surface area (Å²) in [6, 6.07) is 20.1. The third-order valence-corrected chi connectivity index (χ3v) is 6.79. The van der Waals surface area contributed by atoms with Gasteiger partial charge in [0.25, 0.3) is 5.91 Å². The number of benzene rings is 2. The number of nitrogens with zero attached hydrogens (tertiary/aromatic N) is 3. The zero-order valence-electron chi connectivity index (χ0n) is 16.6. The van der Waals surface area contributed by atoms with Crippen molar-refractivity contribution in [2.24, 2.45) is 0 Å². The number of fused-ring (bicyclic) bond motifs is 1. The highest BCUT2D eigenvalue weighted by atomic mass is 35.5. The van der Waals surface area contributed by atoms with Gasteiger partial charge in [-0.15, -0.1) is 11.3 Å². The molecule has 2 aromatic heterocycles. The lowest BCUT2D eigenvalue weighted by Gasteiger charge is -2.36. The van der Waals surface area contributed by atoms with E-state index in [1.165, 1.54) is 17.4 Å². The molecule has 0 atom stereocenters. The summed E-state index contributed by atoms with van der Waals surface area (Å²) in [6.07, 6.45) is 0. The van der Waals surface area contributed by atoms with Gasteiger partial charge in [-0.2, -0.15) is 0 Å². The first-order valence-corrected chi connectivity index (χ1v) is 11.2. The lowest BCUT2D eigenvalue weighted by molar-refractivity contribution is 0.0748. The minimum Gasteiger partial charge on any atom is -0.366 e. The molecule has 1 aliphatic heterocycles. The molecule has 0 aliphatic carbocycles. The molecule has 1 saturated heterocycles. The fourth-order valence-corrected chi connectivity index (χ4v) is 4.96. The number of carbonyl (C=O) groups excluding carboxylic acids is 1. The van der Waals surface area contributed by atoms with Gasteiger partial charge in [0.1, 0.15) is 5.82 Å². The smallest absolute Gasteiger partial charge is 0.254 e. The second kappa shape index (κ2) is 8.29. The molecule has 1 amide bonds. The van der Waals surface area contributed by atoms with Crippen LogP contribution in [0.15, 0.2) is 66.7 Å². The monoisotopic (exact) mass is 451 g/mol. The number of hydrogen-bond acceptors (Lipinski definition) is 4. The van der Waals surface area contributed by atoms with E-state index < -0.39 is 0 Å². The van der Waals surface area contributed by atoms with Crippen molar-refractivity contribution >= 4 is 45.4 Å². The van der Waals surface area contributed by atoms with Crippen LogP contribution in [0.3, 0.4) is 0 Å². The van der Waals surface area contributed by atoms with Crippen LogP contribution >= 0.6 is 22.9 Å². The quantitative estimate of drug-likeness (QED) is 0.400. The molecule has 0 radical (unpaired) electrons. The van der Waals surface area contributed by atoms with E-state index in [-0.39, 0.29) is 11.7 Å². The van der Waals surface area contributed by atoms with E-state index in [1.54, 1.807) is 12.1 Å². The maximum absolute atomic E-state index is 14.1. The molecular formula is C24H19ClFN3OS. The van der Waals surface area contributed by atoms with Gasteiger partial charge >= 0.3 is 0 Å². The lowest BCUT2D eigenvalue weighted by atomic mass is 10.1. The SMILES string of the molecule is O=C(c1cc(-c2ccc(Cl)s2)nc2ccccc12)N1CCN(c2ccccc2F)CC1. The average molecular weight is 452 g/mol. The van der Waals surface area contributed by atoms with Crippen molar-refractivity contribution in [3.63, 3.8) is 0 Å². The van der Waals surface area contributed by atoms with E-state index in [1.807, 2.05) is 58.3 Å². The van der Waals surface area contributed by atoms with Crippen LogP contribution in [-0.2, 0) is 0 Å². The molecule has 2 aromatic carbocycles. The zero-order valence-corrected chi connectivity index (χ0v) is 18.2. The normalized spacial score (nSPS) is 14.3. The first kappa shape index (κ1) is 20.0. The minimum absolute atomic E-state index is 0.0318. The standard InChI is InChI=1S/C24H19ClFN3OS/c25-23-10-9-22(31-23)20-15-17(16-5-1-3-7-19(16)27-20)24(30)29-13-11-28(12-14-29)21-8-4-2-6-18(21)26/h1-10,15H,11-14H2. The van der Waals surface area contributed by atoms with Gasteiger partial charge in [0.15, 0.2) is 0 Å². The van der Waals surface area contributed by atoms with Crippen LogP contribution in [0.2, 0.25) is 4.34 Å². The lowest BCUT2D eigenvalue weighted by Crippen LogP contribution is -2.49. The summed E-state index contributed by atoms with van der Waals surface area (Å²) in [6.45, 7) is 2.24. The molecule has 7 heteroatoms. The van der Waals surface area contributed by atoms with Crippen molar-refractivity contribution in [1.29, 1.82) is 0 Å². The molecule has 1 fully saturated rings. The van der Waals surface area contributed by atoms with Gasteiger partial charge < -0.3 is 9.80 Å². The van der Waals surface area contributed by atoms with Crippen LogP contribution in [0.1, 0.15) is 10.4 Å². The number of thiophene rings is 1. The van der Waals surface area contributed by atoms with E-state index >= 15 is 0 Å². The number of para-hydroxylation sites is 2. The summed E-state index contributed by atoms with van der Waals surface area (Å²) in [5.74, 6) is -0.266. The van der Waals surface area contributed by atoms with Gasteiger partial charge in [0.05, 0.1) is 31.7 Å². The number of rotatable bonds is 3. The molecule has 0 spiro atoms. The Morgan fingerprint density at radius 2 is 1.71 bits per heavy atom. The van der Waals surface area contributed by atoms with Crippen LogP contribution in [0, 0.1) is 5.82 Å². The molecule has 1 aliphatic rings. The van der Waals surface area contributed by atoms with Crippen molar-refractivity contribution in [1.82, 2.24) is 9.88 Å². The fraction of sp³-hybridized carbons (Fsp3) is 0.167. The maximum atomic E-state index is 14.1. The molecule has 4 nitrogen and oxygen atoms in total. The van der Waals surface area contributed by atoms with Gasteiger partial charge in [0.2, 0.25) is 0 Å². The molecule has 4 aromatic rings. The summed E-state index contributed by atoms with van der Waals surface area (Å²) < 4.78 is 14.8. The highest BCUT2D eigenvalue weighted by Crippen LogP contribution is 2.33. The third-order valence-electron chi connectivity index (χ3n) is 5.53. The Hall–Kier alpha value is -2.96. The second-order valence-electron chi connectivity index (χ2n) is 7.41. The van der Waals surface area contributed by atoms with Crippen LogP contribution in [0.4, 0.5) is 10.1 Å². The number of aromatic nitrogens is 1. The minimum atomic E-state index is -0.235. The summed E-state index contributed by atoms with van der Waals surface area (Å²) in [5.41, 5.74) is 2.73. The van der Waals surface area contributed by atoms with E-state index in [2.05, 4.69) is 0 Å². The Kier molecular flexibility index (Phi) is 5.34. The molecule has 3 heterocycles. The van der Waals surface area contributed by atoms with Crippen molar-refractivity contribution in [3.05, 3.63) is 82.4 Å². The Bertz CT molecular complexity index is 1270. The number of piperazine rings is 1. The number of pyridine rings is 1. The van der Waals surface area contributed by atoms with Crippen molar-refractivity contribution in [2.45, 2.75) is 0 Å². The summed E-state index contributed by atoms with van der Waals surface area (Å²) in [5, 5.41) is 0.829. The number of carbonyl (C=O) groups is 1. The van der Waals surface area contributed by atoms with Gasteiger partial charge in [-0.25, -0.2) is 9.37 Å². The Morgan fingerprint density at radius 1 is 0.968 bits per heavy atom. The summed E-state index contributed by atoms with van der Waals surface area (Å²) in [7, 11) is 0. The largest absolute Gasteiger partial charge is 0.366 e. The van der Waals surface area contributed by atoms with E-state index in [0.29, 0.717) is 41.8 Å². The third kappa shape index (κ3) is 3.89. The number of amides is 1. The second-order valence-corrected chi connectivity index (χ2v) is 9.12. The van der Waals surface area contributed by atoms with Crippen LogP contribution < -0.4 is 4.90 Å². The molecule has 0 saturated carbocycles. The molecular weight excluding hydrogens is 433 g/mol. The Labute approximate surface area is 188 Å². The summed E-state index contributed by atoms with van der Waals surface area (Å²) in [4.78, 5) is 23.0. The van der Waals surface area contributed by atoms with Gasteiger partial charge in [-0.3, -0.25) is 4.79 Å². The average Bonchev–Trinajstić information content (AvgIpc) is 3.25. The van der Waals surface area contributed by atoms with Gasteiger partial charge in [-0.1, -0.05) is 41.9 Å². The topological polar surface area (TPSA) is 36.4 Å². The van der Waals surface area contributed by atoms with Crippen LogP contribution in [0.25, 0.3) is 21.5 Å².